The first-order valence-electron chi connectivity index (χ1n) is 8.26. The molecule has 2 amide bonds. The highest BCUT2D eigenvalue weighted by Gasteiger charge is 2.09. The molecule has 2 N–H and O–H groups in total. The first-order valence-corrected chi connectivity index (χ1v) is 8.26. The summed E-state index contributed by atoms with van der Waals surface area (Å²) >= 11 is 0. The van der Waals surface area contributed by atoms with Crippen molar-refractivity contribution in [3.63, 3.8) is 0 Å². The van der Waals surface area contributed by atoms with E-state index in [-0.39, 0.29) is 11.8 Å². The molecule has 0 aliphatic rings. The van der Waals surface area contributed by atoms with Crippen molar-refractivity contribution in [2.45, 2.75) is 13.8 Å². The van der Waals surface area contributed by atoms with Gasteiger partial charge in [-0.05, 0) is 44.2 Å². The van der Waals surface area contributed by atoms with Gasteiger partial charge >= 0.3 is 0 Å². The van der Waals surface area contributed by atoms with E-state index < -0.39 is 0 Å². The van der Waals surface area contributed by atoms with Gasteiger partial charge in [0.05, 0.1) is 22.4 Å². The molecule has 0 bridgehead atoms. The standard InChI is InChI=1S/C19H19N5O2/c1-12-13(2)24-17-11-15(3-4-16(17)23-12)19(26)22-10-9-21-18(25)14-5-7-20-8-6-14/h3-8,11H,9-10H2,1-2H3,(H,21,25)(H,22,26). The SMILES string of the molecule is Cc1nc2ccc(C(=O)NCCNC(=O)c3ccncc3)cc2nc1C. The van der Waals surface area contributed by atoms with E-state index in [1.54, 1.807) is 42.7 Å². The fraction of sp³-hybridized carbons (Fsp3) is 0.211. The molecule has 0 aliphatic heterocycles. The van der Waals surface area contributed by atoms with Gasteiger partial charge in [-0.15, -0.1) is 0 Å². The Hall–Kier alpha value is -3.35. The summed E-state index contributed by atoms with van der Waals surface area (Å²) in [5.74, 6) is -0.418. The van der Waals surface area contributed by atoms with E-state index in [9.17, 15) is 9.59 Å². The largest absolute Gasteiger partial charge is 0.350 e. The lowest BCUT2D eigenvalue weighted by molar-refractivity contribution is 0.0927. The first kappa shape index (κ1) is 17.5. The molecule has 0 atom stereocenters. The second-order valence-electron chi connectivity index (χ2n) is 5.85. The summed E-state index contributed by atoms with van der Waals surface area (Å²) in [6.45, 7) is 4.45. The third-order valence-electron chi connectivity index (χ3n) is 3.98. The van der Waals surface area contributed by atoms with E-state index in [4.69, 9.17) is 0 Å². The van der Waals surface area contributed by atoms with Gasteiger partial charge in [0.15, 0.2) is 0 Å². The summed E-state index contributed by atoms with van der Waals surface area (Å²) in [6.07, 6.45) is 3.12. The number of nitrogens with one attached hydrogen (secondary N) is 2. The Kier molecular flexibility index (Phi) is 5.17. The summed E-state index contributed by atoms with van der Waals surface area (Å²) in [5, 5.41) is 5.53. The monoisotopic (exact) mass is 349 g/mol. The summed E-state index contributed by atoms with van der Waals surface area (Å²) in [4.78, 5) is 37.0. The molecule has 0 aliphatic carbocycles. The van der Waals surface area contributed by atoms with Gasteiger partial charge in [-0.3, -0.25) is 14.6 Å². The zero-order valence-corrected chi connectivity index (χ0v) is 14.6. The fourth-order valence-electron chi connectivity index (χ4n) is 2.43. The molecule has 0 radical (unpaired) electrons. The molecule has 0 unspecified atom stereocenters. The van der Waals surface area contributed by atoms with Crippen LogP contribution in [0.25, 0.3) is 11.0 Å². The van der Waals surface area contributed by atoms with Crippen LogP contribution in [-0.2, 0) is 0 Å². The highest BCUT2D eigenvalue weighted by atomic mass is 16.2. The third-order valence-corrected chi connectivity index (χ3v) is 3.98. The van der Waals surface area contributed by atoms with Crippen molar-refractivity contribution >= 4 is 22.8 Å². The van der Waals surface area contributed by atoms with Gasteiger partial charge < -0.3 is 10.6 Å². The number of amides is 2. The van der Waals surface area contributed by atoms with Crippen molar-refractivity contribution in [1.29, 1.82) is 0 Å². The van der Waals surface area contributed by atoms with Crippen molar-refractivity contribution in [1.82, 2.24) is 25.6 Å². The first-order chi connectivity index (χ1) is 12.5. The number of aryl methyl sites for hydroxylation is 2. The Morgan fingerprint density at radius 2 is 1.38 bits per heavy atom. The summed E-state index contributed by atoms with van der Waals surface area (Å²) in [7, 11) is 0. The van der Waals surface area contributed by atoms with E-state index in [0.29, 0.717) is 29.7 Å². The lowest BCUT2D eigenvalue weighted by Gasteiger charge is -2.08. The highest BCUT2D eigenvalue weighted by Crippen LogP contribution is 2.14. The minimum Gasteiger partial charge on any atom is -0.350 e. The number of aromatic nitrogens is 3. The number of carbonyl (C=O) groups is 2. The van der Waals surface area contributed by atoms with Crippen molar-refractivity contribution in [3.05, 3.63) is 65.2 Å². The predicted octanol–water partition coefficient (Wildman–Crippen LogP) is 1.80. The molecule has 3 aromatic rings. The van der Waals surface area contributed by atoms with Gasteiger partial charge in [0.25, 0.3) is 11.8 Å². The number of pyridine rings is 1. The molecule has 0 saturated heterocycles. The topological polar surface area (TPSA) is 96.9 Å². The summed E-state index contributed by atoms with van der Waals surface area (Å²) in [5.41, 5.74) is 4.20. The van der Waals surface area contributed by atoms with Crippen LogP contribution >= 0.6 is 0 Å². The lowest BCUT2D eigenvalue weighted by atomic mass is 10.1. The molecule has 2 aromatic heterocycles. The van der Waals surface area contributed by atoms with Crippen LogP contribution in [0.5, 0.6) is 0 Å². The molecular weight excluding hydrogens is 330 g/mol. The van der Waals surface area contributed by atoms with Gasteiger partial charge in [-0.1, -0.05) is 0 Å². The quantitative estimate of drug-likeness (QED) is 0.685. The van der Waals surface area contributed by atoms with Crippen molar-refractivity contribution in [3.8, 4) is 0 Å². The van der Waals surface area contributed by atoms with E-state index >= 15 is 0 Å². The number of benzene rings is 1. The van der Waals surface area contributed by atoms with Crippen molar-refractivity contribution in [2.24, 2.45) is 0 Å². The Morgan fingerprint density at radius 1 is 0.808 bits per heavy atom. The molecular formula is C19H19N5O2. The summed E-state index contributed by atoms with van der Waals surface area (Å²) < 4.78 is 0. The molecule has 0 saturated carbocycles. The minimum atomic E-state index is -0.218. The smallest absolute Gasteiger partial charge is 0.251 e. The molecule has 7 nitrogen and oxygen atoms in total. The maximum atomic E-state index is 12.3. The zero-order chi connectivity index (χ0) is 18.5. The second-order valence-corrected chi connectivity index (χ2v) is 5.85. The number of nitrogens with zero attached hydrogens (tertiary/aromatic N) is 3. The minimum absolute atomic E-state index is 0.200. The summed E-state index contributed by atoms with van der Waals surface area (Å²) in [6, 6.07) is 8.49. The van der Waals surface area contributed by atoms with Crippen LogP contribution in [0.2, 0.25) is 0 Å². The van der Waals surface area contributed by atoms with Crippen LogP contribution in [0.1, 0.15) is 32.1 Å². The zero-order valence-electron chi connectivity index (χ0n) is 14.6. The molecule has 2 heterocycles. The van der Waals surface area contributed by atoms with E-state index in [1.807, 2.05) is 13.8 Å². The average molecular weight is 349 g/mol. The van der Waals surface area contributed by atoms with E-state index in [1.165, 1.54) is 0 Å². The fourth-order valence-corrected chi connectivity index (χ4v) is 2.43. The van der Waals surface area contributed by atoms with Crippen LogP contribution in [0.15, 0.2) is 42.7 Å². The number of hydrogen-bond donors (Lipinski definition) is 2. The van der Waals surface area contributed by atoms with E-state index in [0.717, 1.165) is 16.9 Å². The second kappa shape index (κ2) is 7.69. The molecule has 0 spiro atoms. The van der Waals surface area contributed by atoms with Crippen molar-refractivity contribution < 1.29 is 9.59 Å². The van der Waals surface area contributed by atoms with Crippen LogP contribution in [0.4, 0.5) is 0 Å². The Bertz CT molecular complexity index is 957. The van der Waals surface area contributed by atoms with Gasteiger partial charge in [0, 0.05) is 36.6 Å². The molecule has 26 heavy (non-hydrogen) atoms. The third kappa shape index (κ3) is 4.00. The van der Waals surface area contributed by atoms with Crippen LogP contribution in [-0.4, -0.2) is 39.9 Å². The van der Waals surface area contributed by atoms with Gasteiger partial charge in [-0.25, -0.2) is 9.97 Å². The molecule has 132 valence electrons. The lowest BCUT2D eigenvalue weighted by Crippen LogP contribution is -2.34. The van der Waals surface area contributed by atoms with Crippen molar-refractivity contribution in [2.75, 3.05) is 13.1 Å². The number of carbonyl (C=O) groups excluding carboxylic acids is 2. The Morgan fingerprint density at radius 3 is 2.04 bits per heavy atom. The molecule has 3 rings (SSSR count). The predicted molar refractivity (Wildman–Crippen MR) is 97.9 cm³/mol. The van der Waals surface area contributed by atoms with Crippen LogP contribution in [0.3, 0.4) is 0 Å². The van der Waals surface area contributed by atoms with Gasteiger partial charge in [-0.2, -0.15) is 0 Å². The van der Waals surface area contributed by atoms with Crippen LogP contribution < -0.4 is 10.6 Å². The maximum Gasteiger partial charge on any atom is 0.251 e. The number of rotatable bonds is 5. The Balaban J connectivity index is 1.56. The maximum absolute atomic E-state index is 12.3. The highest BCUT2D eigenvalue weighted by molar-refractivity contribution is 5.97. The van der Waals surface area contributed by atoms with Gasteiger partial charge in [0.2, 0.25) is 0 Å². The van der Waals surface area contributed by atoms with Crippen LogP contribution in [0, 0.1) is 13.8 Å². The normalized spacial score (nSPS) is 10.5. The van der Waals surface area contributed by atoms with Gasteiger partial charge in [0.1, 0.15) is 0 Å². The number of fused-ring (bicyclic) bond motifs is 1. The molecule has 7 heteroatoms. The van der Waals surface area contributed by atoms with E-state index in [2.05, 4.69) is 25.6 Å². The molecule has 1 aromatic carbocycles. The average Bonchev–Trinajstić information content (AvgIpc) is 2.66. The molecule has 0 fully saturated rings. The number of hydrogen-bond acceptors (Lipinski definition) is 5. The Labute approximate surface area is 150 Å².